The van der Waals surface area contributed by atoms with Crippen LogP contribution in [0.3, 0.4) is 0 Å². The summed E-state index contributed by atoms with van der Waals surface area (Å²) in [6.45, 7) is 2.20. The van der Waals surface area contributed by atoms with Gasteiger partial charge in [0.25, 0.3) is 5.91 Å². The number of thiophene rings is 1. The number of amides is 2. The number of pyridine rings is 1. The van der Waals surface area contributed by atoms with E-state index in [1.165, 1.54) is 28.0 Å². The second-order valence-electron chi connectivity index (χ2n) is 6.79. The summed E-state index contributed by atoms with van der Waals surface area (Å²) >= 11 is 2.85. The zero-order chi connectivity index (χ0) is 19.0. The SMILES string of the molecule is C[C@H]1CCc2c(sc(NC(=O)CSc3ncc4ccccn34)c2C(N)=O)C1. The maximum absolute atomic E-state index is 12.5. The molecule has 0 radical (unpaired) electrons. The van der Waals surface area contributed by atoms with Crippen LogP contribution in [-0.2, 0) is 17.6 Å². The van der Waals surface area contributed by atoms with E-state index in [0.717, 1.165) is 35.5 Å². The number of hydrogen-bond donors (Lipinski definition) is 2. The maximum Gasteiger partial charge on any atom is 0.251 e. The van der Waals surface area contributed by atoms with Crippen molar-refractivity contribution < 1.29 is 9.59 Å². The van der Waals surface area contributed by atoms with E-state index in [-0.39, 0.29) is 11.7 Å². The third-order valence-corrected chi connectivity index (χ3v) is 6.88. The van der Waals surface area contributed by atoms with E-state index in [4.69, 9.17) is 5.73 Å². The minimum absolute atomic E-state index is 0.165. The van der Waals surface area contributed by atoms with Gasteiger partial charge in [-0.3, -0.25) is 14.0 Å². The van der Waals surface area contributed by atoms with Crippen LogP contribution in [0.4, 0.5) is 5.00 Å². The summed E-state index contributed by atoms with van der Waals surface area (Å²) in [7, 11) is 0. The molecule has 1 aliphatic rings. The number of nitrogens with two attached hydrogens (primary N) is 1. The average molecular weight is 401 g/mol. The fourth-order valence-corrected chi connectivity index (χ4v) is 5.62. The molecule has 27 heavy (non-hydrogen) atoms. The van der Waals surface area contributed by atoms with Gasteiger partial charge >= 0.3 is 0 Å². The zero-order valence-electron chi connectivity index (χ0n) is 14.9. The van der Waals surface area contributed by atoms with Crippen molar-refractivity contribution in [1.29, 1.82) is 0 Å². The van der Waals surface area contributed by atoms with E-state index in [2.05, 4.69) is 17.2 Å². The molecule has 140 valence electrons. The lowest BCUT2D eigenvalue weighted by Crippen LogP contribution is -2.20. The summed E-state index contributed by atoms with van der Waals surface area (Å²) < 4.78 is 1.94. The lowest BCUT2D eigenvalue weighted by molar-refractivity contribution is -0.113. The maximum atomic E-state index is 12.5. The van der Waals surface area contributed by atoms with Gasteiger partial charge in [0.05, 0.1) is 23.0 Å². The average Bonchev–Trinajstić information content (AvgIpc) is 3.20. The Balaban J connectivity index is 1.49. The van der Waals surface area contributed by atoms with E-state index < -0.39 is 5.91 Å². The molecule has 0 bridgehead atoms. The molecule has 3 aromatic heterocycles. The highest BCUT2D eigenvalue weighted by molar-refractivity contribution is 7.99. The van der Waals surface area contributed by atoms with Crippen LogP contribution in [0.25, 0.3) is 5.52 Å². The number of fused-ring (bicyclic) bond motifs is 2. The molecule has 0 spiro atoms. The van der Waals surface area contributed by atoms with Crippen LogP contribution in [0, 0.1) is 5.92 Å². The molecule has 0 fully saturated rings. The van der Waals surface area contributed by atoms with E-state index in [1.54, 1.807) is 6.20 Å². The van der Waals surface area contributed by atoms with Gasteiger partial charge in [0.2, 0.25) is 5.91 Å². The summed E-state index contributed by atoms with van der Waals surface area (Å²) in [6, 6.07) is 5.84. The van der Waals surface area contributed by atoms with Crippen molar-refractivity contribution in [3.8, 4) is 0 Å². The number of anilines is 1. The van der Waals surface area contributed by atoms with Crippen LogP contribution in [0.15, 0.2) is 35.7 Å². The molecule has 1 aliphatic carbocycles. The molecule has 3 heterocycles. The molecule has 3 aromatic rings. The molecule has 0 aromatic carbocycles. The lowest BCUT2D eigenvalue weighted by Gasteiger charge is -2.18. The summed E-state index contributed by atoms with van der Waals surface area (Å²) in [5.74, 6) is 0.168. The summed E-state index contributed by atoms with van der Waals surface area (Å²) in [5, 5.41) is 4.24. The van der Waals surface area contributed by atoms with Crippen molar-refractivity contribution in [2.45, 2.75) is 31.3 Å². The van der Waals surface area contributed by atoms with Crippen molar-refractivity contribution in [3.05, 3.63) is 46.6 Å². The van der Waals surface area contributed by atoms with Gasteiger partial charge in [0, 0.05) is 11.1 Å². The van der Waals surface area contributed by atoms with Crippen LogP contribution in [0.1, 0.15) is 34.1 Å². The first-order chi connectivity index (χ1) is 13.0. The van der Waals surface area contributed by atoms with E-state index in [0.29, 0.717) is 16.5 Å². The van der Waals surface area contributed by atoms with Gasteiger partial charge in [0.1, 0.15) is 5.00 Å². The fraction of sp³-hybridized carbons (Fsp3) is 0.316. The smallest absolute Gasteiger partial charge is 0.251 e. The number of aromatic nitrogens is 2. The van der Waals surface area contributed by atoms with Crippen LogP contribution in [0.5, 0.6) is 0 Å². The molecular formula is C19H20N4O2S2. The minimum Gasteiger partial charge on any atom is -0.365 e. The van der Waals surface area contributed by atoms with Gasteiger partial charge < -0.3 is 11.1 Å². The van der Waals surface area contributed by atoms with Crippen molar-refractivity contribution in [2.24, 2.45) is 11.7 Å². The van der Waals surface area contributed by atoms with Gasteiger partial charge in [-0.05, 0) is 42.9 Å². The van der Waals surface area contributed by atoms with Gasteiger partial charge in [-0.1, -0.05) is 24.8 Å². The van der Waals surface area contributed by atoms with Crippen molar-refractivity contribution in [2.75, 3.05) is 11.1 Å². The number of thioether (sulfide) groups is 1. The molecule has 4 rings (SSSR count). The Bertz CT molecular complexity index is 1020. The summed E-state index contributed by atoms with van der Waals surface area (Å²) in [5.41, 5.74) is 8.10. The summed E-state index contributed by atoms with van der Waals surface area (Å²) in [6.07, 6.45) is 6.52. The number of rotatable bonds is 5. The second-order valence-corrected chi connectivity index (χ2v) is 8.84. The zero-order valence-corrected chi connectivity index (χ0v) is 16.5. The number of hydrogen-bond acceptors (Lipinski definition) is 5. The molecular weight excluding hydrogens is 380 g/mol. The quantitative estimate of drug-likeness (QED) is 0.643. The van der Waals surface area contributed by atoms with Crippen molar-refractivity contribution in [1.82, 2.24) is 9.38 Å². The number of carbonyl (C=O) groups is 2. The van der Waals surface area contributed by atoms with Crippen molar-refractivity contribution in [3.63, 3.8) is 0 Å². The largest absolute Gasteiger partial charge is 0.365 e. The van der Waals surface area contributed by atoms with Gasteiger partial charge in [-0.2, -0.15) is 0 Å². The molecule has 1 atom stereocenters. The molecule has 0 aliphatic heterocycles. The molecule has 6 nitrogen and oxygen atoms in total. The Hall–Kier alpha value is -2.32. The first kappa shape index (κ1) is 18.1. The number of primary amides is 1. The van der Waals surface area contributed by atoms with Crippen LogP contribution >= 0.6 is 23.1 Å². The third-order valence-electron chi connectivity index (χ3n) is 4.75. The van der Waals surface area contributed by atoms with Crippen LogP contribution < -0.4 is 11.1 Å². The molecule has 0 unspecified atom stereocenters. The second kappa shape index (κ2) is 7.36. The highest BCUT2D eigenvalue weighted by Gasteiger charge is 2.27. The van der Waals surface area contributed by atoms with Gasteiger partial charge in [-0.15, -0.1) is 11.3 Å². The Morgan fingerprint density at radius 1 is 1.44 bits per heavy atom. The highest BCUT2D eigenvalue weighted by Crippen LogP contribution is 2.39. The first-order valence-electron chi connectivity index (χ1n) is 8.82. The van der Waals surface area contributed by atoms with Crippen molar-refractivity contribution >= 4 is 45.4 Å². The number of nitrogens with one attached hydrogen (secondary N) is 1. The predicted octanol–water partition coefficient (Wildman–Crippen LogP) is 3.35. The molecule has 8 heteroatoms. The standard InChI is InChI=1S/C19H20N4O2S2/c1-11-5-6-13-14(8-11)27-18(16(13)17(20)25)22-15(24)10-26-19-21-9-12-4-2-3-7-23(12)19/h2-4,7,9,11H,5-6,8,10H2,1H3,(H2,20,25)(H,22,24)/t11-/m0/s1. The molecule has 3 N–H and O–H groups in total. The number of carbonyl (C=O) groups excluding carboxylic acids is 2. The lowest BCUT2D eigenvalue weighted by atomic mass is 9.88. The first-order valence-corrected chi connectivity index (χ1v) is 10.6. The molecule has 0 saturated carbocycles. The molecule has 0 saturated heterocycles. The van der Waals surface area contributed by atoms with Crippen LogP contribution in [0.2, 0.25) is 0 Å². The third kappa shape index (κ3) is 3.59. The van der Waals surface area contributed by atoms with E-state index in [1.807, 2.05) is 28.8 Å². The van der Waals surface area contributed by atoms with Crippen LogP contribution in [-0.4, -0.2) is 27.0 Å². The highest BCUT2D eigenvalue weighted by atomic mass is 32.2. The topological polar surface area (TPSA) is 89.5 Å². The Kier molecular flexibility index (Phi) is 4.92. The Morgan fingerprint density at radius 3 is 3.11 bits per heavy atom. The normalized spacial score (nSPS) is 16.3. The minimum atomic E-state index is -0.468. The number of nitrogens with zero attached hydrogens (tertiary/aromatic N) is 2. The molecule has 2 amide bonds. The number of imidazole rings is 1. The van der Waals surface area contributed by atoms with E-state index >= 15 is 0 Å². The Morgan fingerprint density at radius 2 is 2.30 bits per heavy atom. The van der Waals surface area contributed by atoms with E-state index in [9.17, 15) is 9.59 Å². The monoisotopic (exact) mass is 400 g/mol. The fourth-order valence-electron chi connectivity index (χ4n) is 3.42. The van der Waals surface area contributed by atoms with Gasteiger partial charge in [-0.25, -0.2) is 4.98 Å². The Labute approximate surface area is 165 Å². The summed E-state index contributed by atoms with van der Waals surface area (Å²) in [4.78, 5) is 30.0. The van der Waals surface area contributed by atoms with Gasteiger partial charge in [0.15, 0.2) is 5.16 Å². The predicted molar refractivity (Wildman–Crippen MR) is 109 cm³/mol.